The van der Waals surface area contributed by atoms with Crippen LogP contribution in [0, 0.1) is 0 Å². The highest BCUT2D eigenvalue weighted by molar-refractivity contribution is 5.85. The molecule has 0 aromatic heterocycles. The molecule has 0 saturated carbocycles. The van der Waals surface area contributed by atoms with E-state index in [1.165, 1.54) is 12.8 Å². The molecular weight excluding hydrogens is 160 g/mol. The highest BCUT2D eigenvalue weighted by Crippen LogP contribution is 2.09. The van der Waals surface area contributed by atoms with Crippen molar-refractivity contribution in [2.45, 2.75) is 37.8 Å². The average molecular weight is 177 g/mol. The van der Waals surface area contributed by atoms with Gasteiger partial charge in [-0.3, -0.25) is 0 Å². The molecule has 2 nitrogen and oxygen atoms in total. The van der Waals surface area contributed by atoms with E-state index in [9.17, 15) is 0 Å². The van der Waals surface area contributed by atoms with Gasteiger partial charge in [0.2, 0.25) is 0 Å². The summed E-state index contributed by atoms with van der Waals surface area (Å²) in [7, 11) is 0. The van der Waals surface area contributed by atoms with Crippen LogP contribution in [-0.4, -0.2) is 12.1 Å². The zero-order chi connectivity index (χ0) is 7.40. The van der Waals surface area contributed by atoms with Gasteiger partial charge < -0.3 is 11.5 Å². The van der Waals surface area contributed by atoms with Crippen LogP contribution in [0.25, 0.3) is 0 Å². The fourth-order valence-corrected chi connectivity index (χ4v) is 1.24. The van der Waals surface area contributed by atoms with Crippen molar-refractivity contribution in [3.8, 4) is 0 Å². The van der Waals surface area contributed by atoms with E-state index in [4.69, 9.17) is 11.5 Å². The minimum atomic E-state index is 0. The van der Waals surface area contributed by atoms with E-state index in [0.29, 0.717) is 0 Å². The zero-order valence-corrected chi connectivity index (χ0v) is 7.52. The van der Waals surface area contributed by atoms with Gasteiger partial charge in [-0.1, -0.05) is 25.0 Å². The molecule has 0 aromatic rings. The summed E-state index contributed by atoms with van der Waals surface area (Å²) >= 11 is 0. The van der Waals surface area contributed by atoms with Crippen molar-refractivity contribution >= 4 is 12.4 Å². The first-order valence-corrected chi connectivity index (χ1v) is 3.98. The monoisotopic (exact) mass is 176 g/mol. The minimum absolute atomic E-state index is 0. The Balaban J connectivity index is 0.000001000. The van der Waals surface area contributed by atoms with Crippen molar-refractivity contribution in [3.63, 3.8) is 0 Å². The molecule has 0 spiro atoms. The molecule has 66 valence electrons. The molecule has 2 atom stereocenters. The van der Waals surface area contributed by atoms with Gasteiger partial charge in [0.05, 0.1) is 0 Å². The van der Waals surface area contributed by atoms with Gasteiger partial charge in [0.1, 0.15) is 0 Å². The lowest BCUT2D eigenvalue weighted by atomic mass is 10.0. The van der Waals surface area contributed by atoms with E-state index >= 15 is 0 Å². The average Bonchev–Trinajstić information content (AvgIpc) is 1.90. The van der Waals surface area contributed by atoms with Crippen LogP contribution in [0.4, 0.5) is 0 Å². The molecular formula is C8H17ClN2. The van der Waals surface area contributed by atoms with Gasteiger partial charge in [0, 0.05) is 12.1 Å². The fraction of sp³-hybridized carbons (Fsp3) is 0.750. The SMILES string of the molecule is Cl.NC1/C=C\C(N)CCCC1. The predicted molar refractivity (Wildman–Crippen MR) is 50.8 cm³/mol. The van der Waals surface area contributed by atoms with Crippen molar-refractivity contribution in [2.75, 3.05) is 0 Å². The number of rotatable bonds is 0. The van der Waals surface area contributed by atoms with Crippen LogP contribution in [0.1, 0.15) is 25.7 Å². The van der Waals surface area contributed by atoms with E-state index in [2.05, 4.69) is 0 Å². The Labute approximate surface area is 74.4 Å². The molecule has 2 unspecified atom stereocenters. The number of nitrogens with two attached hydrogens (primary N) is 2. The summed E-state index contributed by atoms with van der Waals surface area (Å²) in [6.45, 7) is 0. The van der Waals surface area contributed by atoms with Crippen LogP contribution in [0.3, 0.4) is 0 Å². The maximum absolute atomic E-state index is 5.72. The summed E-state index contributed by atoms with van der Waals surface area (Å²) in [5.74, 6) is 0. The van der Waals surface area contributed by atoms with Gasteiger partial charge in [0.15, 0.2) is 0 Å². The summed E-state index contributed by atoms with van der Waals surface area (Å²) in [6, 6.07) is 0.484. The number of hydrogen-bond acceptors (Lipinski definition) is 2. The molecule has 0 aliphatic heterocycles. The van der Waals surface area contributed by atoms with Crippen LogP contribution < -0.4 is 11.5 Å². The molecule has 4 N–H and O–H groups in total. The molecule has 0 fully saturated rings. The van der Waals surface area contributed by atoms with Crippen LogP contribution in [0.5, 0.6) is 0 Å². The maximum Gasteiger partial charge on any atom is 0.0224 e. The van der Waals surface area contributed by atoms with Gasteiger partial charge in [0.25, 0.3) is 0 Å². The van der Waals surface area contributed by atoms with Crippen LogP contribution in [0.2, 0.25) is 0 Å². The van der Waals surface area contributed by atoms with Crippen molar-refractivity contribution in [1.82, 2.24) is 0 Å². The second kappa shape index (κ2) is 5.58. The first-order valence-electron chi connectivity index (χ1n) is 3.98. The third kappa shape index (κ3) is 4.40. The quantitative estimate of drug-likeness (QED) is 0.545. The maximum atomic E-state index is 5.72. The van der Waals surface area contributed by atoms with Gasteiger partial charge in [-0.15, -0.1) is 12.4 Å². The van der Waals surface area contributed by atoms with Gasteiger partial charge >= 0.3 is 0 Å². The lowest BCUT2D eigenvalue weighted by Gasteiger charge is -2.13. The molecule has 0 amide bonds. The van der Waals surface area contributed by atoms with E-state index in [-0.39, 0.29) is 24.5 Å². The molecule has 11 heavy (non-hydrogen) atoms. The second-order valence-corrected chi connectivity index (χ2v) is 3.00. The summed E-state index contributed by atoms with van der Waals surface area (Å²) in [5.41, 5.74) is 11.4. The Hall–Kier alpha value is -0.0500. The topological polar surface area (TPSA) is 52.0 Å². The summed E-state index contributed by atoms with van der Waals surface area (Å²) < 4.78 is 0. The third-order valence-corrected chi connectivity index (χ3v) is 1.93. The number of hydrogen-bond donors (Lipinski definition) is 2. The molecule has 0 aromatic carbocycles. The smallest absolute Gasteiger partial charge is 0.0224 e. The van der Waals surface area contributed by atoms with Gasteiger partial charge in [-0.25, -0.2) is 0 Å². The molecule has 0 saturated heterocycles. The van der Waals surface area contributed by atoms with E-state index < -0.39 is 0 Å². The Bertz CT molecular complexity index is 111. The molecule has 0 bridgehead atoms. The second-order valence-electron chi connectivity index (χ2n) is 3.00. The van der Waals surface area contributed by atoms with Gasteiger partial charge in [-0.2, -0.15) is 0 Å². The lowest BCUT2D eigenvalue weighted by Crippen LogP contribution is -2.23. The predicted octanol–water partition coefficient (Wildman–Crippen LogP) is 1.19. The molecule has 1 rings (SSSR count). The van der Waals surface area contributed by atoms with Crippen LogP contribution >= 0.6 is 12.4 Å². The molecule has 0 heterocycles. The van der Waals surface area contributed by atoms with E-state index in [0.717, 1.165) is 12.8 Å². The van der Waals surface area contributed by atoms with Crippen molar-refractivity contribution in [2.24, 2.45) is 11.5 Å². The first-order chi connectivity index (χ1) is 4.79. The largest absolute Gasteiger partial charge is 0.324 e. The summed E-state index contributed by atoms with van der Waals surface area (Å²) in [5, 5.41) is 0. The van der Waals surface area contributed by atoms with Gasteiger partial charge in [-0.05, 0) is 12.8 Å². The van der Waals surface area contributed by atoms with Crippen molar-refractivity contribution < 1.29 is 0 Å². The standard InChI is InChI=1S/C8H16N2.ClH/c9-7-3-1-2-4-8(10)6-5-7;/h5-8H,1-4,9-10H2;1H/b6-5-;. The Morgan fingerprint density at radius 3 is 1.64 bits per heavy atom. The van der Waals surface area contributed by atoms with E-state index in [1.807, 2.05) is 12.2 Å². The first kappa shape index (κ1) is 11.0. The fourth-order valence-electron chi connectivity index (χ4n) is 1.24. The Kier molecular flexibility index (Phi) is 5.56. The summed E-state index contributed by atoms with van der Waals surface area (Å²) in [4.78, 5) is 0. The van der Waals surface area contributed by atoms with Crippen molar-refractivity contribution in [1.29, 1.82) is 0 Å². The normalized spacial score (nSPS) is 34.7. The highest BCUT2D eigenvalue weighted by atomic mass is 35.5. The zero-order valence-electron chi connectivity index (χ0n) is 6.70. The minimum Gasteiger partial charge on any atom is -0.324 e. The number of halogens is 1. The van der Waals surface area contributed by atoms with Crippen LogP contribution in [-0.2, 0) is 0 Å². The highest BCUT2D eigenvalue weighted by Gasteiger charge is 2.04. The van der Waals surface area contributed by atoms with E-state index in [1.54, 1.807) is 0 Å². The van der Waals surface area contributed by atoms with Crippen molar-refractivity contribution in [3.05, 3.63) is 12.2 Å². The lowest BCUT2D eigenvalue weighted by molar-refractivity contribution is 0.562. The molecule has 0 radical (unpaired) electrons. The Morgan fingerprint density at radius 1 is 0.909 bits per heavy atom. The molecule has 1 aliphatic carbocycles. The Morgan fingerprint density at radius 2 is 1.27 bits per heavy atom. The molecule has 1 aliphatic rings. The molecule has 3 heteroatoms. The summed E-state index contributed by atoms with van der Waals surface area (Å²) in [6.07, 6.45) is 8.73. The third-order valence-electron chi connectivity index (χ3n) is 1.93. The van der Waals surface area contributed by atoms with Crippen LogP contribution in [0.15, 0.2) is 12.2 Å².